The lowest BCUT2D eigenvalue weighted by Crippen LogP contribution is -2.68. The molecule has 2 N–H and O–H groups in total. The second-order valence-electron chi connectivity index (χ2n) is 5.95. The molecule has 0 saturated carbocycles. The summed E-state index contributed by atoms with van der Waals surface area (Å²) in [7, 11) is 3.14. The van der Waals surface area contributed by atoms with Crippen LogP contribution in [-0.2, 0) is 4.79 Å². The van der Waals surface area contributed by atoms with Crippen LogP contribution in [0, 0.1) is 5.41 Å². The minimum absolute atomic E-state index is 0.174. The van der Waals surface area contributed by atoms with Gasteiger partial charge in [0.25, 0.3) is 5.91 Å². The van der Waals surface area contributed by atoms with E-state index in [1.807, 2.05) is 0 Å². The second kappa shape index (κ2) is 4.42. The molecule has 6 heteroatoms. The van der Waals surface area contributed by atoms with Crippen LogP contribution < -0.4 is 0 Å². The summed E-state index contributed by atoms with van der Waals surface area (Å²) in [4.78, 5) is 26.3. The first-order valence-electron chi connectivity index (χ1n) is 5.97. The van der Waals surface area contributed by atoms with Crippen molar-refractivity contribution in [3.63, 3.8) is 0 Å². The molecular formula is C12H22N2O4. The fourth-order valence-electron chi connectivity index (χ4n) is 2.89. The predicted molar refractivity (Wildman–Crippen MR) is 66.2 cm³/mol. The highest BCUT2D eigenvalue weighted by Crippen LogP contribution is 2.45. The van der Waals surface area contributed by atoms with Crippen LogP contribution in [0.3, 0.4) is 0 Å². The zero-order valence-corrected chi connectivity index (χ0v) is 11.6. The summed E-state index contributed by atoms with van der Waals surface area (Å²) in [6.07, 6.45) is -1.87. The van der Waals surface area contributed by atoms with Gasteiger partial charge in [-0.1, -0.05) is 20.8 Å². The van der Waals surface area contributed by atoms with Gasteiger partial charge in [0.05, 0.1) is 6.10 Å². The molecule has 18 heavy (non-hydrogen) atoms. The Morgan fingerprint density at radius 2 is 1.83 bits per heavy atom. The molecule has 1 aliphatic heterocycles. The van der Waals surface area contributed by atoms with Gasteiger partial charge in [-0.05, 0) is 11.8 Å². The number of likely N-dealkylation sites (tertiary alicyclic amines) is 1. The standard InChI is InChI=1S/C12H22N2O4/c1-11(2,3)12(9(16)13(4)5)8(15)6-7-14(12)10(17)18/h8,15H,6-7H2,1-5H3,(H,17,18)/t8-,12-/m0/s1. The van der Waals surface area contributed by atoms with Gasteiger partial charge >= 0.3 is 6.09 Å². The second-order valence-corrected chi connectivity index (χ2v) is 5.95. The third kappa shape index (κ3) is 1.84. The Morgan fingerprint density at radius 1 is 1.33 bits per heavy atom. The molecule has 0 aromatic carbocycles. The maximum atomic E-state index is 12.5. The molecule has 2 atom stereocenters. The Balaban J connectivity index is 3.43. The lowest BCUT2D eigenvalue weighted by molar-refractivity contribution is -0.154. The number of likely N-dealkylation sites (N-methyl/N-ethyl adjacent to an activating group) is 1. The lowest BCUT2D eigenvalue weighted by Gasteiger charge is -2.48. The molecule has 0 aliphatic carbocycles. The lowest BCUT2D eigenvalue weighted by atomic mass is 9.69. The van der Waals surface area contributed by atoms with E-state index in [9.17, 15) is 19.8 Å². The summed E-state index contributed by atoms with van der Waals surface area (Å²) in [6.45, 7) is 5.50. The van der Waals surface area contributed by atoms with Crippen LogP contribution >= 0.6 is 0 Å². The molecule has 0 unspecified atom stereocenters. The molecule has 104 valence electrons. The van der Waals surface area contributed by atoms with Crippen molar-refractivity contribution in [2.45, 2.75) is 38.8 Å². The van der Waals surface area contributed by atoms with Crippen molar-refractivity contribution in [1.29, 1.82) is 0 Å². The summed E-state index contributed by atoms with van der Waals surface area (Å²) in [5, 5.41) is 19.6. The number of carboxylic acid groups (broad SMARTS) is 1. The van der Waals surface area contributed by atoms with Crippen molar-refractivity contribution in [2.24, 2.45) is 5.41 Å². The minimum atomic E-state index is -1.41. The fourth-order valence-corrected chi connectivity index (χ4v) is 2.89. The van der Waals surface area contributed by atoms with E-state index >= 15 is 0 Å². The topological polar surface area (TPSA) is 81.1 Å². The van der Waals surface area contributed by atoms with E-state index in [4.69, 9.17) is 0 Å². The van der Waals surface area contributed by atoms with Crippen LogP contribution in [0.2, 0.25) is 0 Å². The summed E-state index contributed by atoms with van der Waals surface area (Å²) in [5.74, 6) is -0.373. The number of carbonyl (C=O) groups is 2. The zero-order valence-electron chi connectivity index (χ0n) is 11.6. The third-order valence-corrected chi connectivity index (χ3v) is 3.64. The van der Waals surface area contributed by atoms with Gasteiger partial charge in [-0.15, -0.1) is 0 Å². The molecule has 1 saturated heterocycles. The van der Waals surface area contributed by atoms with E-state index in [2.05, 4.69) is 0 Å². The average molecular weight is 258 g/mol. The van der Waals surface area contributed by atoms with E-state index in [1.165, 1.54) is 4.90 Å². The van der Waals surface area contributed by atoms with Crippen LogP contribution in [0.15, 0.2) is 0 Å². The molecule has 0 radical (unpaired) electrons. The molecule has 6 nitrogen and oxygen atoms in total. The highest BCUT2D eigenvalue weighted by Gasteiger charge is 2.63. The number of hydrogen-bond donors (Lipinski definition) is 2. The molecule has 0 spiro atoms. The van der Waals surface area contributed by atoms with Crippen molar-refractivity contribution in [2.75, 3.05) is 20.6 Å². The zero-order chi connectivity index (χ0) is 14.3. The van der Waals surface area contributed by atoms with Crippen LogP contribution in [0.5, 0.6) is 0 Å². The van der Waals surface area contributed by atoms with Gasteiger partial charge in [0, 0.05) is 20.6 Å². The first-order valence-corrected chi connectivity index (χ1v) is 5.97. The van der Waals surface area contributed by atoms with Crippen LogP contribution in [0.25, 0.3) is 0 Å². The molecule has 0 aromatic rings. The summed E-state index contributed by atoms with van der Waals surface area (Å²) in [5.41, 5.74) is -2.11. The van der Waals surface area contributed by atoms with Crippen molar-refractivity contribution in [3.8, 4) is 0 Å². The Kier molecular flexibility index (Phi) is 3.63. The number of aliphatic hydroxyl groups is 1. The monoisotopic (exact) mass is 258 g/mol. The largest absolute Gasteiger partial charge is 0.465 e. The molecule has 1 aliphatic rings. The molecule has 0 aromatic heterocycles. The van der Waals surface area contributed by atoms with Gasteiger partial charge in [-0.2, -0.15) is 0 Å². The molecule has 1 fully saturated rings. The number of rotatable bonds is 1. The minimum Gasteiger partial charge on any atom is -0.465 e. The van der Waals surface area contributed by atoms with Gasteiger partial charge in [0.1, 0.15) is 0 Å². The number of aliphatic hydroxyl groups excluding tert-OH is 1. The van der Waals surface area contributed by atoms with E-state index < -0.39 is 23.2 Å². The molecular weight excluding hydrogens is 236 g/mol. The van der Waals surface area contributed by atoms with E-state index in [0.29, 0.717) is 0 Å². The highest BCUT2D eigenvalue weighted by molar-refractivity contribution is 5.91. The molecule has 0 bridgehead atoms. The van der Waals surface area contributed by atoms with Gasteiger partial charge in [-0.3, -0.25) is 9.69 Å². The SMILES string of the molecule is CN(C)C(=O)[C@]1(C(C)(C)C)[C@@H](O)CCN1C(=O)O. The fraction of sp³-hybridized carbons (Fsp3) is 0.833. The Bertz CT molecular complexity index is 362. The number of amides is 2. The summed E-state index contributed by atoms with van der Waals surface area (Å²) in [6, 6.07) is 0. The maximum Gasteiger partial charge on any atom is 0.408 e. The molecule has 2 amide bonds. The summed E-state index contributed by atoms with van der Waals surface area (Å²) >= 11 is 0. The van der Waals surface area contributed by atoms with Gasteiger partial charge < -0.3 is 15.1 Å². The number of nitrogens with zero attached hydrogens (tertiary/aromatic N) is 2. The van der Waals surface area contributed by atoms with Crippen LogP contribution in [0.4, 0.5) is 4.79 Å². The van der Waals surface area contributed by atoms with Gasteiger partial charge in [0.2, 0.25) is 0 Å². The maximum absolute atomic E-state index is 12.5. The van der Waals surface area contributed by atoms with Gasteiger partial charge in [0.15, 0.2) is 5.54 Å². The van der Waals surface area contributed by atoms with E-state index in [-0.39, 0.29) is 18.9 Å². The highest BCUT2D eigenvalue weighted by atomic mass is 16.4. The van der Waals surface area contributed by atoms with Crippen molar-refractivity contribution in [3.05, 3.63) is 0 Å². The van der Waals surface area contributed by atoms with Crippen LogP contribution in [0.1, 0.15) is 27.2 Å². The summed E-state index contributed by atoms with van der Waals surface area (Å²) < 4.78 is 0. The molecule has 1 heterocycles. The first-order chi connectivity index (χ1) is 8.06. The average Bonchev–Trinajstić information content (AvgIpc) is 2.54. The van der Waals surface area contributed by atoms with E-state index in [1.54, 1.807) is 34.9 Å². The van der Waals surface area contributed by atoms with Gasteiger partial charge in [-0.25, -0.2) is 4.79 Å². The Morgan fingerprint density at radius 3 is 2.17 bits per heavy atom. The normalized spacial score (nSPS) is 28.3. The first kappa shape index (κ1) is 14.8. The third-order valence-electron chi connectivity index (χ3n) is 3.64. The van der Waals surface area contributed by atoms with Crippen LogP contribution in [-0.4, -0.2) is 64.3 Å². The Labute approximate surface area is 107 Å². The van der Waals surface area contributed by atoms with Crippen molar-refractivity contribution >= 4 is 12.0 Å². The quantitative estimate of drug-likeness (QED) is 0.722. The smallest absolute Gasteiger partial charge is 0.408 e. The predicted octanol–water partition coefficient (Wildman–Crippen LogP) is 0.604. The number of carbonyl (C=O) groups excluding carboxylic acids is 1. The number of hydrogen-bond acceptors (Lipinski definition) is 3. The Hall–Kier alpha value is -1.30. The molecule has 1 rings (SSSR count). The van der Waals surface area contributed by atoms with E-state index in [0.717, 1.165) is 4.90 Å². The van der Waals surface area contributed by atoms with Crippen molar-refractivity contribution < 1.29 is 19.8 Å². The van der Waals surface area contributed by atoms with Crippen molar-refractivity contribution in [1.82, 2.24) is 9.80 Å².